The number of halogens is 5. The van der Waals surface area contributed by atoms with Gasteiger partial charge in [0.25, 0.3) is 0 Å². The van der Waals surface area contributed by atoms with Gasteiger partial charge in [0, 0.05) is 13.6 Å². The molecular weight excluding hydrogens is 464 g/mol. The van der Waals surface area contributed by atoms with E-state index in [4.69, 9.17) is 0 Å². The molecular formula is C14H7BrF3IO2. The maximum atomic E-state index is 12.4. The molecule has 2 rings (SSSR count). The second-order valence-electron chi connectivity index (χ2n) is 4.00. The summed E-state index contributed by atoms with van der Waals surface area (Å²) >= 11 is 5.25. The van der Waals surface area contributed by atoms with Crippen molar-refractivity contribution < 1.29 is 22.7 Å². The lowest BCUT2D eigenvalue weighted by atomic mass is 10.0. The molecule has 0 fully saturated rings. The van der Waals surface area contributed by atoms with Gasteiger partial charge >= 0.3 is 6.36 Å². The predicted octanol–water partition coefficient (Wildman–Crippen LogP) is 5.18. The Hall–Kier alpha value is -1.09. The van der Waals surface area contributed by atoms with Crippen molar-refractivity contribution in [2.24, 2.45) is 0 Å². The van der Waals surface area contributed by atoms with E-state index >= 15 is 0 Å². The summed E-state index contributed by atoms with van der Waals surface area (Å²) in [4.78, 5) is 12.4. The summed E-state index contributed by atoms with van der Waals surface area (Å²) in [6.07, 6.45) is -4.85. The van der Waals surface area contributed by atoms with E-state index in [-0.39, 0.29) is 11.1 Å². The van der Waals surface area contributed by atoms with Crippen molar-refractivity contribution in [3.63, 3.8) is 0 Å². The highest BCUT2D eigenvalue weighted by Crippen LogP contribution is 2.30. The Morgan fingerprint density at radius 1 is 1.10 bits per heavy atom. The third-order valence-electron chi connectivity index (χ3n) is 2.53. The van der Waals surface area contributed by atoms with Gasteiger partial charge in [-0.3, -0.25) is 4.79 Å². The zero-order chi connectivity index (χ0) is 15.6. The first-order valence-corrected chi connectivity index (χ1v) is 7.49. The lowest BCUT2D eigenvalue weighted by Gasteiger charge is -2.13. The molecule has 0 unspecified atom stereocenters. The molecule has 7 heteroatoms. The van der Waals surface area contributed by atoms with Crippen molar-refractivity contribution in [3.05, 3.63) is 61.6 Å². The topological polar surface area (TPSA) is 26.3 Å². The van der Waals surface area contributed by atoms with Crippen LogP contribution in [0.5, 0.6) is 5.75 Å². The molecule has 0 atom stereocenters. The van der Waals surface area contributed by atoms with Crippen LogP contribution in [0.1, 0.15) is 15.9 Å². The van der Waals surface area contributed by atoms with Gasteiger partial charge in [-0.1, -0.05) is 28.1 Å². The molecule has 0 aliphatic heterocycles. The summed E-state index contributed by atoms with van der Waals surface area (Å²) in [5.41, 5.74) is 0.137. The van der Waals surface area contributed by atoms with Crippen LogP contribution in [0.15, 0.2) is 46.9 Å². The van der Waals surface area contributed by atoms with Gasteiger partial charge < -0.3 is 4.74 Å². The minimum atomic E-state index is -4.85. The first-order chi connectivity index (χ1) is 9.78. The van der Waals surface area contributed by atoms with Gasteiger partial charge in [-0.2, -0.15) is 0 Å². The van der Waals surface area contributed by atoms with Crippen molar-refractivity contribution in [2.45, 2.75) is 6.36 Å². The number of benzene rings is 2. The van der Waals surface area contributed by atoms with Gasteiger partial charge in [0.2, 0.25) is 0 Å². The van der Waals surface area contributed by atoms with Crippen molar-refractivity contribution in [3.8, 4) is 5.75 Å². The molecule has 0 aromatic heterocycles. The van der Waals surface area contributed by atoms with Gasteiger partial charge in [0.05, 0.1) is 5.56 Å². The lowest BCUT2D eigenvalue weighted by molar-refractivity contribution is -0.274. The van der Waals surface area contributed by atoms with Crippen LogP contribution in [0.25, 0.3) is 0 Å². The predicted molar refractivity (Wildman–Crippen MR) is 83.4 cm³/mol. The van der Waals surface area contributed by atoms with Crippen molar-refractivity contribution >= 4 is 44.3 Å². The van der Waals surface area contributed by atoms with E-state index < -0.39 is 17.9 Å². The Morgan fingerprint density at radius 3 is 2.43 bits per heavy atom. The average Bonchev–Trinajstić information content (AvgIpc) is 2.39. The summed E-state index contributed by atoms with van der Waals surface area (Å²) in [6, 6.07) is 10.3. The zero-order valence-electron chi connectivity index (χ0n) is 10.2. The monoisotopic (exact) mass is 470 g/mol. The van der Waals surface area contributed by atoms with Gasteiger partial charge in [0.15, 0.2) is 5.78 Å². The Bertz CT molecular complexity index is 686. The second-order valence-corrected chi connectivity index (χ2v) is 6.10. The lowest BCUT2D eigenvalue weighted by Crippen LogP contribution is -2.19. The van der Waals surface area contributed by atoms with Crippen LogP contribution < -0.4 is 4.74 Å². The molecule has 0 amide bonds. The van der Waals surface area contributed by atoms with E-state index in [1.165, 1.54) is 18.2 Å². The van der Waals surface area contributed by atoms with Gasteiger partial charge in [-0.25, -0.2) is 0 Å². The summed E-state index contributed by atoms with van der Waals surface area (Å²) in [5, 5.41) is 0. The first kappa shape index (κ1) is 16.3. The molecule has 21 heavy (non-hydrogen) atoms. The summed E-state index contributed by atoms with van der Waals surface area (Å²) in [5.74, 6) is -1.05. The normalized spacial score (nSPS) is 11.3. The fourth-order valence-electron chi connectivity index (χ4n) is 1.68. The highest BCUT2D eigenvalue weighted by molar-refractivity contribution is 14.1. The van der Waals surface area contributed by atoms with E-state index in [0.29, 0.717) is 4.47 Å². The van der Waals surface area contributed by atoms with E-state index in [2.05, 4.69) is 20.7 Å². The first-order valence-electron chi connectivity index (χ1n) is 5.62. The van der Waals surface area contributed by atoms with Crippen LogP contribution in [-0.4, -0.2) is 12.1 Å². The smallest absolute Gasteiger partial charge is 0.405 e. The molecule has 0 radical (unpaired) electrons. The summed E-state index contributed by atoms with van der Waals surface area (Å²) in [6.45, 7) is 0. The number of para-hydroxylation sites is 1. The third-order valence-corrected chi connectivity index (χ3v) is 3.89. The molecule has 0 aliphatic carbocycles. The van der Waals surface area contributed by atoms with Crippen LogP contribution in [0, 0.1) is 3.57 Å². The SMILES string of the molecule is O=C(c1cc(I)ccc1Br)c1ccccc1OC(F)(F)F. The van der Waals surface area contributed by atoms with Crippen molar-refractivity contribution in [2.75, 3.05) is 0 Å². The summed E-state index contributed by atoms with van der Waals surface area (Å²) < 4.78 is 42.4. The minimum Gasteiger partial charge on any atom is -0.405 e. The van der Waals surface area contributed by atoms with E-state index in [1.54, 1.807) is 18.2 Å². The number of hydrogen-bond donors (Lipinski definition) is 0. The van der Waals surface area contributed by atoms with E-state index in [1.807, 2.05) is 22.6 Å². The van der Waals surface area contributed by atoms with Gasteiger partial charge in [-0.05, 0) is 52.9 Å². The largest absolute Gasteiger partial charge is 0.573 e. The Kier molecular flexibility index (Phi) is 4.92. The third kappa shape index (κ3) is 4.19. The van der Waals surface area contributed by atoms with Gasteiger partial charge in [0.1, 0.15) is 5.75 Å². The molecule has 2 nitrogen and oxygen atoms in total. The van der Waals surface area contributed by atoms with Crippen LogP contribution in [-0.2, 0) is 0 Å². The minimum absolute atomic E-state index is 0.141. The molecule has 0 saturated carbocycles. The number of carbonyl (C=O) groups excluding carboxylic acids is 1. The molecule has 0 heterocycles. The van der Waals surface area contributed by atoms with Crippen LogP contribution in [0.2, 0.25) is 0 Å². The zero-order valence-corrected chi connectivity index (χ0v) is 14.0. The molecule has 0 bridgehead atoms. The highest BCUT2D eigenvalue weighted by Gasteiger charge is 2.33. The Labute approximate surface area is 140 Å². The fourth-order valence-corrected chi connectivity index (χ4v) is 2.60. The maximum Gasteiger partial charge on any atom is 0.573 e. The quantitative estimate of drug-likeness (QED) is 0.456. The number of alkyl halides is 3. The highest BCUT2D eigenvalue weighted by atomic mass is 127. The van der Waals surface area contributed by atoms with Gasteiger partial charge in [-0.15, -0.1) is 13.2 Å². The van der Waals surface area contributed by atoms with Crippen molar-refractivity contribution in [1.82, 2.24) is 0 Å². The second kappa shape index (κ2) is 6.35. The molecule has 0 spiro atoms. The Balaban J connectivity index is 2.46. The number of hydrogen-bond acceptors (Lipinski definition) is 2. The number of ketones is 1. The molecule has 2 aromatic carbocycles. The number of ether oxygens (including phenoxy) is 1. The Morgan fingerprint density at radius 2 is 1.76 bits per heavy atom. The van der Waals surface area contributed by atoms with E-state index in [9.17, 15) is 18.0 Å². The average molecular weight is 471 g/mol. The fraction of sp³-hybridized carbons (Fsp3) is 0.0714. The maximum absolute atomic E-state index is 12.4. The van der Waals surface area contributed by atoms with Crippen LogP contribution in [0.3, 0.4) is 0 Å². The van der Waals surface area contributed by atoms with Crippen molar-refractivity contribution in [1.29, 1.82) is 0 Å². The molecule has 110 valence electrons. The molecule has 0 aliphatic rings. The number of carbonyl (C=O) groups is 1. The molecule has 0 saturated heterocycles. The molecule has 2 aromatic rings. The van der Waals surface area contributed by atoms with Crippen LogP contribution >= 0.6 is 38.5 Å². The van der Waals surface area contributed by atoms with Crippen LogP contribution in [0.4, 0.5) is 13.2 Å². The summed E-state index contributed by atoms with van der Waals surface area (Å²) in [7, 11) is 0. The van der Waals surface area contributed by atoms with E-state index in [0.717, 1.165) is 9.64 Å². The molecule has 0 N–H and O–H groups in total. The standard InChI is InChI=1S/C14H7BrF3IO2/c15-11-6-5-8(19)7-10(11)13(20)9-3-1-2-4-12(9)21-14(16,17)18/h1-7H. The number of rotatable bonds is 3.